The first-order valence-corrected chi connectivity index (χ1v) is 15.9. The van der Waals surface area contributed by atoms with Crippen molar-refractivity contribution in [1.29, 1.82) is 0 Å². The summed E-state index contributed by atoms with van der Waals surface area (Å²) in [5.74, 6) is -0.522. The standard InChI is InChI=1S/C33H36N6O4S/c1-41-22-6-2-3-7-23-42-28-18-20-38(21-19-28)27-16-14-25(15-17-27)32-36-35-31(44-32)24-10-12-26(13-11-24)33(40)43-39-30-9-5-4-8-29(30)34-37-39/h4-5,8-17,28H,2-3,6-7,18-23H2,1H3. The first-order valence-electron chi connectivity index (χ1n) is 15.1. The zero-order valence-corrected chi connectivity index (χ0v) is 25.6. The zero-order valence-electron chi connectivity index (χ0n) is 24.8. The summed E-state index contributed by atoms with van der Waals surface area (Å²) in [4.78, 5) is 21.7. The maximum Gasteiger partial charge on any atom is 0.365 e. The number of para-hydroxylation sites is 1. The van der Waals surface area contributed by atoms with Crippen molar-refractivity contribution in [2.75, 3.05) is 38.3 Å². The lowest BCUT2D eigenvalue weighted by molar-refractivity contribution is 0.0345. The molecule has 6 rings (SSSR count). The van der Waals surface area contributed by atoms with Crippen molar-refractivity contribution >= 4 is 34.0 Å². The predicted molar refractivity (Wildman–Crippen MR) is 171 cm³/mol. The minimum Gasteiger partial charge on any atom is -0.385 e. The Morgan fingerprint density at radius 2 is 1.48 bits per heavy atom. The minimum absolute atomic E-state index is 0.359. The molecule has 0 unspecified atom stereocenters. The van der Waals surface area contributed by atoms with Gasteiger partial charge in [0.25, 0.3) is 0 Å². The molecule has 1 saturated heterocycles. The smallest absolute Gasteiger partial charge is 0.365 e. The van der Waals surface area contributed by atoms with Gasteiger partial charge in [0.1, 0.15) is 21.0 Å². The highest BCUT2D eigenvalue weighted by atomic mass is 32.1. The third-order valence-corrected chi connectivity index (χ3v) is 8.82. The fraction of sp³-hybridized carbons (Fsp3) is 0.364. The summed E-state index contributed by atoms with van der Waals surface area (Å²) in [7, 11) is 1.76. The zero-order chi connectivity index (χ0) is 30.1. The summed E-state index contributed by atoms with van der Waals surface area (Å²) in [6.45, 7) is 3.71. The molecule has 3 aromatic carbocycles. The van der Waals surface area contributed by atoms with Gasteiger partial charge >= 0.3 is 5.97 Å². The molecule has 0 bridgehead atoms. The number of methoxy groups -OCH3 is 1. The quantitative estimate of drug-likeness (QED) is 0.116. The molecule has 1 fully saturated rings. The lowest BCUT2D eigenvalue weighted by Gasteiger charge is -2.33. The summed E-state index contributed by atoms with van der Waals surface area (Å²) in [5.41, 5.74) is 4.80. The SMILES string of the molecule is COCCCCCCOC1CCN(c2ccc(-c3nnc(-c4ccc(C(=O)On5nnc6ccccc65)cc4)s3)cc2)CC1. The van der Waals surface area contributed by atoms with Crippen LogP contribution in [0.25, 0.3) is 32.2 Å². The molecule has 0 aliphatic carbocycles. The van der Waals surface area contributed by atoms with E-state index in [2.05, 4.69) is 49.7 Å². The molecule has 0 amide bonds. The third kappa shape index (κ3) is 7.29. The summed E-state index contributed by atoms with van der Waals surface area (Å²) in [6.07, 6.45) is 7.14. The van der Waals surface area contributed by atoms with Crippen LogP contribution in [0.3, 0.4) is 0 Å². The Morgan fingerprint density at radius 1 is 0.818 bits per heavy atom. The van der Waals surface area contributed by atoms with Gasteiger partial charge in [-0.3, -0.25) is 0 Å². The molecule has 0 spiro atoms. The van der Waals surface area contributed by atoms with Crippen LogP contribution in [0.15, 0.2) is 72.8 Å². The van der Waals surface area contributed by atoms with Crippen molar-refractivity contribution in [3.63, 3.8) is 0 Å². The molecule has 3 heterocycles. The van der Waals surface area contributed by atoms with E-state index in [1.165, 1.54) is 29.9 Å². The largest absolute Gasteiger partial charge is 0.385 e. The van der Waals surface area contributed by atoms with Crippen molar-refractivity contribution in [2.24, 2.45) is 0 Å². The van der Waals surface area contributed by atoms with Crippen LogP contribution in [0.4, 0.5) is 5.69 Å². The average molecular weight is 613 g/mol. The van der Waals surface area contributed by atoms with Gasteiger partial charge in [0.2, 0.25) is 0 Å². The van der Waals surface area contributed by atoms with Crippen LogP contribution >= 0.6 is 11.3 Å². The first-order chi connectivity index (χ1) is 21.7. The van der Waals surface area contributed by atoms with Crippen LogP contribution in [0.2, 0.25) is 0 Å². The first kappa shape index (κ1) is 29.9. The van der Waals surface area contributed by atoms with E-state index in [0.29, 0.717) is 22.7 Å². The van der Waals surface area contributed by atoms with E-state index in [1.54, 1.807) is 31.4 Å². The number of aromatic nitrogens is 5. The maximum absolute atomic E-state index is 12.7. The van der Waals surface area contributed by atoms with Gasteiger partial charge in [-0.1, -0.05) is 53.3 Å². The number of anilines is 1. The lowest BCUT2D eigenvalue weighted by Crippen LogP contribution is -2.37. The number of unbranched alkanes of at least 4 members (excludes halogenated alkanes) is 3. The van der Waals surface area contributed by atoms with Crippen LogP contribution in [-0.4, -0.2) is 70.8 Å². The minimum atomic E-state index is -0.522. The number of carbonyl (C=O) groups is 1. The highest BCUT2D eigenvalue weighted by Gasteiger charge is 2.20. The lowest BCUT2D eigenvalue weighted by atomic mass is 10.1. The molecule has 1 aliphatic rings. The monoisotopic (exact) mass is 612 g/mol. The Hall–Kier alpha value is -4.19. The average Bonchev–Trinajstić information content (AvgIpc) is 3.73. The molecule has 10 nitrogen and oxygen atoms in total. The van der Waals surface area contributed by atoms with Gasteiger partial charge < -0.3 is 19.2 Å². The second-order valence-corrected chi connectivity index (χ2v) is 11.8. The number of hydrogen-bond donors (Lipinski definition) is 0. The van der Waals surface area contributed by atoms with Crippen molar-refractivity contribution in [3.05, 3.63) is 78.4 Å². The second kappa shape index (κ2) is 14.5. The third-order valence-electron chi connectivity index (χ3n) is 7.80. The number of nitrogens with zero attached hydrogens (tertiary/aromatic N) is 6. The van der Waals surface area contributed by atoms with Crippen molar-refractivity contribution in [3.8, 4) is 21.1 Å². The Balaban J connectivity index is 0.989. The van der Waals surface area contributed by atoms with Crippen molar-refractivity contribution in [2.45, 2.75) is 44.6 Å². The van der Waals surface area contributed by atoms with E-state index in [0.717, 1.165) is 78.0 Å². The molecule has 0 saturated carbocycles. The Labute approximate surface area is 260 Å². The van der Waals surface area contributed by atoms with Gasteiger partial charge in [-0.25, -0.2) is 4.79 Å². The number of ether oxygens (including phenoxy) is 2. The number of hydrogen-bond acceptors (Lipinski definition) is 10. The fourth-order valence-electron chi connectivity index (χ4n) is 5.30. The Morgan fingerprint density at radius 3 is 2.18 bits per heavy atom. The van der Waals surface area contributed by atoms with E-state index in [4.69, 9.17) is 14.3 Å². The van der Waals surface area contributed by atoms with E-state index < -0.39 is 5.97 Å². The van der Waals surface area contributed by atoms with E-state index in [9.17, 15) is 4.79 Å². The molecule has 0 N–H and O–H groups in total. The summed E-state index contributed by atoms with van der Waals surface area (Å²) in [5, 5.41) is 18.4. The topological polar surface area (TPSA) is 104 Å². The molecule has 5 aromatic rings. The van der Waals surface area contributed by atoms with Crippen molar-refractivity contribution < 1.29 is 19.1 Å². The van der Waals surface area contributed by atoms with E-state index in [-0.39, 0.29) is 0 Å². The molecule has 0 radical (unpaired) electrons. The number of fused-ring (bicyclic) bond motifs is 1. The fourth-order valence-corrected chi connectivity index (χ4v) is 6.15. The summed E-state index contributed by atoms with van der Waals surface area (Å²) in [6, 6.07) is 23.0. The number of rotatable bonds is 13. The van der Waals surface area contributed by atoms with Gasteiger partial charge in [-0.2, -0.15) is 0 Å². The number of piperidine rings is 1. The van der Waals surface area contributed by atoms with Gasteiger partial charge in [0.05, 0.1) is 11.7 Å². The van der Waals surface area contributed by atoms with Crippen molar-refractivity contribution in [1.82, 2.24) is 25.4 Å². The van der Waals surface area contributed by atoms with Gasteiger partial charge in [-0.15, -0.1) is 15.3 Å². The van der Waals surface area contributed by atoms with Gasteiger partial charge in [0.15, 0.2) is 0 Å². The molecule has 44 heavy (non-hydrogen) atoms. The second-order valence-electron chi connectivity index (χ2n) is 10.8. The molecule has 228 valence electrons. The van der Waals surface area contributed by atoms with Crippen LogP contribution in [0, 0.1) is 0 Å². The normalized spacial score (nSPS) is 13.9. The molecule has 11 heteroatoms. The maximum atomic E-state index is 12.7. The molecular weight excluding hydrogens is 576 g/mol. The molecule has 0 atom stereocenters. The van der Waals surface area contributed by atoms with Crippen LogP contribution < -0.4 is 9.74 Å². The molecular formula is C33H36N6O4S. The van der Waals surface area contributed by atoms with Crippen LogP contribution in [0.5, 0.6) is 0 Å². The molecule has 2 aromatic heterocycles. The van der Waals surface area contributed by atoms with Gasteiger partial charge in [0, 0.05) is 50.2 Å². The summed E-state index contributed by atoms with van der Waals surface area (Å²) < 4.78 is 11.3. The van der Waals surface area contributed by atoms with E-state index in [1.807, 2.05) is 24.3 Å². The van der Waals surface area contributed by atoms with Crippen LogP contribution in [0.1, 0.15) is 48.9 Å². The van der Waals surface area contributed by atoms with E-state index >= 15 is 0 Å². The predicted octanol–water partition coefficient (Wildman–Crippen LogP) is 6.08. The Bertz CT molecular complexity index is 1650. The Kier molecular flexibility index (Phi) is 9.86. The molecule has 1 aliphatic heterocycles. The highest BCUT2D eigenvalue weighted by Crippen LogP contribution is 2.32. The highest BCUT2D eigenvalue weighted by molar-refractivity contribution is 7.17. The number of benzene rings is 3. The van der Waals surface area contributed by atoms with Gasteiger partial charge in [-0.05, 0) is 79.4 Å². The number of carbonyl (C=O) groups excluding carboxylic acids is 1. The summed E-state index contributed by atoms with van der Waals surface area (Å²) >= 11 is 1.52. The van der Waals surface area contributed by atoms with Crippen LogP contribution in [-0.2, 0) is 9.47 Å².